The molecule has 1 aromatic carbocycles. The van der Waals surface area contributed by atoms with Crippen LogP contribution in [-0.4, -0.2) is 19.7 Å². The quantitative estimate of drug-likeness (QED) is 0.836. The molecular weight excluding hydrogens is 258 g/mol. The van der Waals surface area contributed by atoms with E-state index in [1.165, 1.54) is 31.2 Å². The van der Waals surface area contributed by atoms with Gasteiger partial charge in [0.1, 0.15) is 5.75 Å². The number of likely N-dealkylation sites (N-methyl/N-ethyl adjacent to an activating group) is 1. The number of nitrogens with one attached hydrogen (secondary N) is 1. The van der Waals surface area contributed by atoms with E-state index in [1.54, 1.807) is 7.11 Å². The van der Waals surface area contributed by atoms with Crippen molar-refractivity contribution in [1.82, 2.24) is 5.32 Å². The van der Waals surface area contributed by atoms with Crippen LogP contribution in [0, 0.1) is 11.3 Å². The van der Waals surface area contributed by atoms with Gasteiger partial charge in [-0.15, -0.1) is 0 Å². The standard InChI is InChI=1S/C19H31NO/c1-5-20-18(16-9-11-19(2,3)12-10-16)14-15-7-6-8-17(13-15)21-4/h6-8,13,16,18,20H,5,9-12,14H2,1-4H3. The summed E-state index contributed by atoms with van der Waals surface area (Å²) < 4.78 is 5.35. The van der Waals surface area contributed by atoms with Gasteiger partial charge in [-0.1, -0.05) is 32.9 Å². The molecule has 2 nitrogen and oxygen atoms in total. The first-order chi connectivity index (χ1) is 10.0. The summed E-state index contributed by atoms with van der Waals surface area (Å²) in [4.78, 5) is 0. The summed E-state index contributed by atoms with van der Waals surface area (Å²) in [7, 11) is 1.74. The second kappa shape index (κ2) is 7.31. The number of methoxy groups -OCH3 is 1. The minimum atomic E-state index is 0.545. The molecule has 0 spiro atoms. The maximum Gasteiger partial charge on any atom is 0.119 e. The summed E-state index contributed by atoms with van der Waals surface area (Å²) in [6.45, 7) is 8.08. The zero-order valence-electron chi connectivity index (χ0n) is 14.1. The Hall–Kier alpha value is -1.02. The topological polar surface area (TPSA) is 21.3 Å². The molecular formula is C19H31NO. The predicted octanol–water partition coefficient (Wildman–Crippen LogP) is 4.43. The van der Waals surface area contributed by atoms with Crippen LogP contribution >= 0.6 is 0 Å². The molecule has 118 valence electrons. The van der Waals surface area contributed by atoms with Crippen LogP contribution in [0.15, 0.2) is 24.3 Å². The third-order valence-electron chi connectivity index (χ3n) is 5.01. The smallest absolute Gasteiger partial charge is 0.119 e. The maximum atomic E-state index is 5.35. The lowest BCUT2D eigenvalue weighted by Crippen LogP contribution is -2.40. The first-order valence-corrected chi connectivity index (χ1v) is 8.40. The van der Waals surface area contributed by atoms with Gasteiger partial charge in [0.25, 0.3) is 0 Å². The highest BCUT2D eigenvalue weighted by atomic mass is 16.5. The van der Waals surface area contributed by atoms with Gasteiger partial charge in [0.05, 0.1) is 7.11 Å². The van der Waals surface area contributed by atoms with E-state index >= 15 is 0 Å². The van der Waals surface area contributed by atoms with Crippen molar-refractivity contribution in [3.8, 4) is 5.75 Å². The number of hydrogen-bond acceptors (Lipinski definition) is 2. The Morgan fingerprint density at radius 1 is 1.29 bits per heavy atom. The molecule has 1 atom stereocenters. The first-order valence-electron chi connectivity index (χ1n) is 8.40. The minimum absolute atomic E-state index is 0.545. The summed E-state index contributed by atoms with van der Waals surface area (Å²) in [6.07, 6.45) is 6.54. The first kappa shape index (κ1) is 16.4. The van der Waals surface area contributed by atoms with Crippen molar-refractivity contribution in [2.45, 2.75) is 58.9 Å². The zero-order chi connectivity index (χ0) is 15.3. The fraction of sp³-hybridized carbons (Fsp3) is 0.684. The van der Waals surface area contributed by atoms with Crippen molar-refractivity contribution < 1.29 is 4.74 Å². The minimum Gasteiger partial charge on any atom is -0.497 e. The van der Waals surface area contributed by atoms with Crippen molar-refractivity contribution in [3.05, 3.63) is 29.8 Å². The fourth-order valence-corrected chi connectivity index (χ4v) is 3.55. The number of hydrogen-bond donors (Lipinski definition) is 1. The molecule has 1 N–H and O–H groups in total. The van der Waals surface area contributed by atoms with Gasteiger partial charge in [0, 0.05) is 6.04 Å². The van der Waals surface area contributed by atoms with Crippen LogP contribution < -0.4 is 10.1 Å². The molecule has 0 amide bonds. The van der Waals surface area contributed by atoms with Gasteiger partial charge in [-0.2, -0.15) is 0 Å². The van der Waals surface area contributed by atoms with Gasteiger partial charge in [-0.3, -0.25) is 0 Å². The van der Waals surface area contributed by atoms with E-state index in [9.17, 15) is 0 Å². The zero-order valence-corrected chi connectivity index (χ0v) is 14.1. The highest BCUT2D eigenvalue weighted by molar-refractivity contribution is 5.29. The molecule has 1 aliphatic carbocycles. The predicted molar refractivity (Wildman–Crippen MR) is 89.9 cm³/mol. The van der Waals surface area contributed by atoms with E-state index in [0.29, 0.717) is 11.5 Å². The van der Waals surface area contributed by atoms with Crippen LogP contribution in [0.5, 0.6) is 5.75 Å². The molecule has 0 heterocycles. The Morgan fingerprint density at radius 2 is 2.00 bits per heavy atom. The lowest BCUT2D eigenvalue weighted by atomic mass is 9.70. The van der Waals surface area contributed by atoms with Crippen LogP contribution in [0.2, 0.25) is 0 Å². The normalized spacial score (nSPS) is 20.2. The number of ether oxygens (including phenoxy) is 1. The molecule has 21 heavy (non-hydrogen) atoms. The van der Waals surface area contributed by atoms with Crippen molar-refractivity contribution in [1.29, 1.82) is 0 Å². The van der Waals surface area contributed by atoms with Gasteiger partial charge in [-0.05, 0) is 67.7 Å². The Bertz CT molecular complexity index is 431. The van der Waals surface area contributed by atoms with Crippen molar-refractivity contribution in [3.63, 3.8) is 0 Å². The van der Waals surface area contributed by atoms with Gasteiger partial charge < -0.3 is 10.1 Å². The Balaban J connectivity index is 2.01. The SMILES string of the molecule is CCNC(Cc1cccc(OC)c1)C1CCC(C)(C)CC1. The third kappa shape index (κ3) is 4.74. The average Bonchev–Trinajstić information content (AvgIpc) is 2.47. The van der Waals surface area contributed by atoms with Gasteiger partial charge >= 0.3 is 0 Å². The highest BCUT2D eigenvalue weighted by Crippen LogP contribution is 2.39. The van der Waals surface area contributed by atoms with Crippen LogP contribution in [0.1, 0.15) is 52.0 Å². The second-order valence-electron chi connectivity index (χ2n) is 7.22. The molecule has 0 saturated heterocycles. The molecule has 2 heteroatoms. The molecule has 0 aromatic heterocycles. The lowest BCUT2D eigenvalue weighted by Gasteiger charge is -2.38. The molecule has 1 saturated carbocycles. The van der Waals surface area contributed by atoms with Gasteiger partial charge in [0.15, 0.2) is 0 Å². The third-order valence-corrected chi connectivity index (χ3v) is 5.01. The molecule has 2 rings (SSSR count). The summed E-state index contributed by atoms with van der Waals surface area (Å²) in [5.41, 5.74) is 1.92. The summed E-state index contributed by atoms with van der Waals surface area (Å²) in [5.74, 6) is 1.77. The second-order valence-corrected chi connectivity index (χ2v) is 7.22. The highest BCUT2D eigenvalue weighted by Gasteiger charge is 2.31. The van der Waals surface area contributed by atoms with E-state index in [4.69, 9.17) is 4.74 Å². The molecule has 1 unspecified atom stereocenters. The monoisotopic (exact) mass is 289 g/mol. The van der Waals surface area contributed by atoms with Crippen molar-refractivity contribution in [2.75, 3.05) is 13.7 Å². The van der Waals surface area contributed by atoms with E-state index in [-0.39, 0.29) is 0 Å². The van der Waals surface area contributed by atoms with E-state index < -0.39 is 0 Å². The molecule has 0 bridgehead atoms. The van der Waals surface area contributed by atoms with Gasteiger partial charge in [-0.25, -0.2) is 0 Å². The molecule has 1 fully saturated rings. The lowest BCUT2D eigenvalue weighted by molar-refractivity contribution is 0.161. The Morgan fingerprint density at radius 3 is 2.62 bits per heavy atom. The van der Waals surface area contributed by atoms with E-state index in [0.717, 1.165) is 24.6 Å². The van der Waals surface area contributed by atoms with Crippen LogP contribution in [0.3, 0.4) is 0 Å². The largest absolute Gasteiger partial charge is 0.497 e. The number of rotatable bonds is 6. The van der Waals surface area contributed by atoms with E-state index in [1.807, 2.05) is 6.07 Å². The summed E-state index contributed by atoms with van der Waals surface area (Å²) in [6, 6.07) is 9.12. The molecule has 0 aliphatic heterocycles. The fourth-order valence-electron chi connectivity index (χ4n) is 3.55. The van der Waals surface area contributed by atoms with E-state index in [2.05, 4.69) is 44.3 Å². The summed E-state index contributed by atoms with van der Waals surface area (Å²) in [5, 5.41) is 3.72. The average molecular weight is 289 g/mol. The Labute approximate surface area is 130 Å². The van der Waals surface area contributed by atoms with Crippen molar-refractivity contribution in [2.24, 2.45) is 11.3 Å². The number of benzene rings is 1. The summed E-state index contributed by atoms with van der Waals surface area (Å²) >= 11 is 0. The molecule has 1 aliphatic rings. The van der Waals surface area contributed by atoms with Crippen LogP contribution in [-0.2, 0) is 6.42 Å². The maximum absolute atomic E-state index is 5.35. The Kier molecular flexibility index (Phi) is 5.69. The molecule has 1 aromatic rings. The van der Waals surface area contributed by atoms with Crippen molar-refractivity contribution >= 4 is 0 Å². The molecule has 0 radical (unpaired) electrons. The van der Waals surface area contributed by atoms with Gasteiger partial charge in [0.2, 0.25) is 0 Å². The van der Waals surface area contributed by atoms with Crippen LogP contribution in [0.25, 0.3) is 0 Å². The van der Waals surface area contributed by atoms with Crippen LogP contribution in [0.4, 0.5) is 0 Å².